The van der Waals surface area contributed by atoms with Gasteiger partial charge in [0.2, 0.25) is 0 Å². The molecule has 1 unspecified atom stereocenters. The van der Waals surface area contributed by atoms with E-state index in [1.165, 1.54) is 14.2 Å². The first-order chi connectivity index (χ1) is 11.6. The van der Waals surface area contributed by atoms with Crippen molar-refractivity contribution < 1.29 is 19.4 Å². The van der Waals surface area contributed by atoms with Gasteiger partial charge >= 0.3 is 0 Å². The molecular formula is C19H21NO4. The molecule has 1 heterocycles. The molecule has 1 aliphatic heterocycles. The van der Waals surface area contributed by atoms with Crippen LogP contribution < -0.4 is 14.4 Å². The first-order valence-electron chi connectivity index (χ1n) is 7.88. The number of ether oxygens (including phenoxy) is 2. The van der Waals surface area contributed by atoms with Crippen molar-refractivity contribution in [2.24, 2.45) is 0 Å². The zero-order valence-electron chi connectivity index (χ0n) is 14.1. The lowest BCUT2D eigenvalue weighted by Crippen LogP contribution is -2.37. The quantitative estimate of drug-likeness (QED) is 0.941. The van der Waals surface area contributed by atoms with Crippen LogP contribution in [0.3, 0.4) is 0 Å². The number of rotatable bonds is 3. The Morgan fingerprint density at radius 2 is 1.83 bits per heavy atom. The SMILES string of the molecule is COc1cccc(OC)c1C(=O)N1CCC(O)c2cc(C)ccc21. The van der Waals surface area contributed by atoms with Gasteiger partial charge in [-0.25, -0.2) is 0 Å². The molecular weight excluding hydrogens is 306 g/mol. The third kappa shape index (κ3) is 2.71. The predicted molar refractivity (Wildman–Crippen MR) is 92.0 cm³/mol. The van der Waals surface area contributed by atoms with E-state index in [-0.39, 0.29) is 5.91 Å². The molecule has 0 spiro atoms. The van der Waals surface area contributed by atoms with E-state index in [1.54, 1.807) is 23.1 Å². The number of hydrogen-bond acceptors (Lipinski definition) is 4. The molecule has 2 aromatic rings. The van der Waals surface area contributed by atoms with Gasteiger partial charge in [0.1, 0.15) is 17.1 Å². The molecule has 1 atom stereocenters. The lowest BCUT2D eigenvalue weighted by Gasteiger charge is -2.33. The largest absolute Gasteiger partial charge is 0.496 e. The molecule has 0 saturated heterocycles. The highest BCUT2D eigenvalue weighted by Gasteiger charge is 2.31. The molecule has 126 valence electrons. The number of hydrogen-bond donors (Lipinski definition) is 1. The van der Waals surface area contributed by atoms with Crippen LogP contribution in [0.2, 0.25) is 0 Å². The van der Waals surface area contributed by atoms with E-state index in [4.69, 9.17) is 9.47 Å². The van der Waals surface area contributed by atoms with Gasteiger partial charge in [-0.3, -0.25) is 4.79 Å². The van der Waals surface area contributed by atoms with Crippen molar-refractivity contribution >= 4 is 11.6 Å². The number of carbonyl (C=O) groups is 1. The van der Waals surface area contributed by atoms with Crippen LogP contribution >= 0.6 is 0 Å². The molecule has 0 saturated carbocycles. The van der Waals surface area contributed by atoms with Crippen LogP contribution in [0, 0.1) is 6.92 Å². The van der Waals surface area contributed by atoms with Crippen molar-refractivity contribution in [3.63, 3.8) is 0 Å². The van der Waals surface area contributed by atoms with Crippen molar-refractivity contribution in [2.45, 2.75) is 19.4 Å². The molecule has 1 aliphatic rings. The summed E-state index contributed by atoms with van der Waals surface area (Å²) in [4.78, 5) is 14.9. The second-order valence-corrected chi connectivity index (χ2v) is 5.86. The summed E-state index contributed by atoms with van der Waals surface area (Å²) in [6, 6.07) is 11.0. The minimum Gasteiger partial charge on any atom is -0.496 e. The Hall–Kier alpha value is -2.53. The Bertz CT molecular complexity index is 750. The van der Waals surface area contributed by atoms with Gasteiger partial charge in [0.15, 0.2) is 0 Å². The Kier molecular flexibility index (Phi) is 4.44. The molecule has 0 radical (unpaired) electrons. The number of carbonyl (C=O) groups excluding carboxylic acids is 1. The normalized spacial score (nSPS) is 16.5. The van der Waals surface area contributed by atoms with Crippen LogP contribution in [0.1, 0.15) is 34.0 Å². The average molecular weight is 327 g/mol. The topological polar surface area (TPSA) is 59.0 Å². The van der Waals surface area contributed by atoms with E-state index in [1.807, 2.05) is 25.1 Å². The van der Waals surface area contributed by atoms with Crippen molar-refractivity contribution in [2.75, 3.05) is 25.7 Å². The molecule has 1 N–H and O–H groups in total. The molecule has 0 aromatic heterocycles. The van der Waals surface area contributed by atoms with Gasteiger partial charge in [-0.1, -0.05) is 23.8 Å². The van der Waals surface area contributed by atoms with Gasteiger partial charge < -0.3 is 19.5 Å². The summed E-state index contributed by atoms with van der Waals surface area (Å²) in [6.07, 6.45) is -0.0526. The summed E-state index contributed by atoms with van der Waals surface area (Å²) in [5.41, 5.74) is 2.96. The van der Waals surface area contributed by atoms with E-state index in [0.29, 0.717) is 30.0 Å². The van der Waals surface area contributed by atoms with Crippen LogP contribution in [0.4, 0.5) is 5.69 Å². The van der Waals surface area contributed by atoms with E-state index < -0.39 is 6.10 Å². The number of aliphatic hydroxyl groups excluding tert-OH is 1. The van der Waals surface area contributed by atoms with Gasteiger partial charge in [0.25, 0.3) is 5.91 Å². The second kappa shape index (κ2) is 6.53. The fraction of sp³-hybridized carbons (Fsp3) is 0.316. The minimum absolute atomic E-state index is 0.193. The Morgan fingerprint density at radius 3 is 2.46 bits per heavy atom. The van der Waals surface area contributed by atoms with Crippen LogP contribution in [-0.2, 0) is 0 Å². The summed E-state index contributed by atoms with van der Waals surface area (Å²) in [7, 11) is 3.06. The summed E-state index contributed by atoms with van der Waals surface area (Å²) >= 11 is 0. The molecule has 5 heteroatoms. The lowest BCUT2D eigenvalue weighted by atomic mass is 9.96. The number of amides is 1. The monoisotopic (exact) mass is 327 g/mol. The van der Waals surface area contributed by atoms with E-state index in [2.05, 4.69) is 0 Å². The Morgan fingerprint density at radius 1 is 1.17 bits per heavy atom. The van der Waals surface area contributed by atoms with Crippen molar-refractivity contribution in [3.8, 4) is 11.5 Å². The van der Waals surface area contributed by atoms with Gasteiger partial charge in [-0.05, 0) is 31.5 Å². The fourth-order valence-corrected chi connectivity index (χ4v) is 3.12. The zero-order valence-corrected chi connectivity index (χ0v) is 14.1. The number of aryl methyl sites for hydroxylation is 1. The van der Waals surface area contributed by atoms with Gasteiger partial charge in [-0.15, -0.1) is 0 Å². The summed E-state index contributed by atoms with van der Waals surface area (Å²) < 4.78 is 10.7. The molecule has 0 aliphatic carbocycles. The molecule has 1 amide bonds. The van der Waals surface area contributed by atoms with Gasteiger partial charge in [-0.2, -0.15) is 0 Å². The van der Waals surface area contributed by atoms with E-state index in [0.717, 1.165) is 16.8 Å². The maximum Gasteiger partial charge on any atom is 0.265 e. The number of methoxy groups -OCH3 is 2. The fourth-order valence-electron chi connectivity index (χ4n) is 3.12. The Balaban J connectivity index is 2.08. The highest BCUT2D eigenvalue weighted by Crippen LogP contribution is 2.37. The number of fused-ring (bicyclic) bond motifs is 1. The van der Waals surface area contributed by atoms with Gasteiger partial charge in [0.05, 0.1) is 20.3 Å². The van der Waals surface area contributed by atoms with Crippen molar-refractivity contribution in [1.29, 1.82) is 0 Å². The third-order valence-electron chi connectivity index (χ3n) is 4.35. The summed E-state index contributed by atoms with van der Waals surface area (Å²) in [5, 5.41) is 10.3. The van der Waals surface area contributed by atoms with E-state index in [9.17, 15) is 9.90 Å². The maximum absolute atomic E-state index is 13.2. The van der Waals surface area contributed by atoms with Crippen molar-refractivity contribution in [3.05, 3.63) is 53.1 Å². The second-order valence-electron chi connectivity index (χ2n) is 5.86. The molecule has 0 bridgehead atoms. The Labute approximate surface area is 141 Å². The first-order valence-corrected chi connectivity index (χ1v) is 7.88. The molecule has 24 heavy (non-hydrogen) atoms. The van der Waals surface area contributed by atoms with Crippen molar-refractivity contribution in [1.82, 2.24) is 0 Å². The number of anilines is 1. The highest BCUT2D eigenvalue weighted by atomic mass is 16.5. The molecule has 2 aromatic carbocycles. The third-order valence-corrected chi connectivity index (χ3v) is 4.35. The number of nitrogens with zero attached hydrogens (tertiary/aromatic N) is 1. The number of benzene rings is 2. The summed E-state index contributed by atoms with van der Waals surface area (Å²) in [5.74, 6) is 0.750. The standard InChI is InChI=1S/C19H21NO4/c1-12-7-8-14-13(11-12)15(21)9-10-20(14)19(22)18-16(23-2)5-4-6-17(18)24-3/h4-8,11,15,21H,9-10H2,1-3H3. The van der Waals surface area contributed by atoms with Crippen LogP contribution in [0.15, 0.2) is 36.4 Å². The van der Waals surface area contributed by atoms with Crippen LogP contribution in [0.25, 0.3) is 0 Å². The van der Waals surface area contributed by atoms with E-state index >= 15 is 0 Å². The number of aliphatic hydroxyl groups is 1. The predicted octanol–water partition coefficient (Wildman–Crippen LogP) is 3.10. The average Bonchev–Trinajstić information content (AvgIpc) is 2.61. The molecule has 0 fully saturated rings. The highest BCUT2D eigenvalue weighted by molar-refractivity contribution is 6.10. The first kappa shape index (κ1) is 16.3. The lowest BCUT2D eigenvalue weighted by molar-refractivity contribution is 0.0964. The van der Waals surface area contributed by atoms with Gasteiger partial charge in [0, 0.05) is 17.8 Å². The minimum atomic E-state index is -0.552. The molecule has 3 rings (SSSR count). The van der Waals surface area contributed by atoms with Crippen LogP contribution in [0.5, 0.6) is 11.5 Å². The smallest absolute Gasteiger partial charge is 0.265 e. The zero-order chi connectivity index (χ0) is 17.3. The molecule has 5 nitrogen and oxygen atoms in total. The summed E-state index contributed by atoms with van der Waals surface area (Å²) in [6.45, 7) is 2.41. The van der Waals surface area contributed by atoms with Crippen LogP contribution in [-0.4, -0.2) is 31.8 Å². The maximum atomic E-state index is 13.2.